The number of nitrogens with zero attached hydrogens (tertiary/aromatic N) is 6. The summed E-state index contributed by atoms with van der Waals surface area (Å²) in [4.78, 5) is 18.7. The largest absolute Gasteiger partial charge is 0.383 e. The third kappa shape index (κ3) is 3.92. The Bertz CT molecular complexity index is 967. The van der Waals surface area contributed by atoms with Crippen LogP contribution in [0.25, 0.3) is 11.2 Å². The van der Waals surface area contributed by atoms with Crippen molar-refractivity contribution in [2.24, 2.45) is 10.7 Å². The lowest BCUT2D eigenvalue weighted by molar-refractivity contribution is 0.00529. The Kier molecular flexibility index (Phi) is 5.43. The minimum Gasteiger partial charge on any atom is -0.383 e. The van der Waals surface area contributed by atoms with Crippen molar-refractivity contribution in [2.75, 3.05) is 32.7 Å². The fourth-order valence-electron chi connectivity index (χ4n) is 3.48. The predicted octanol–water partition coefficient (Wildman–Crippen LogP) is 0.308. The summed E-state index contributed by atoms with van der Waals surface area (Å²) in [6.45, 7) is 5.51. The molecule has 29 heavy (non-hydrogen) atoms. The summed E-state index contributed by atoms with van der Waals surface area (Å²) in [7, 11) is 1.62. The first-order valence-corrected chi connectivity index (χ1v) is 9.35. The number of methoxy groups -OCH3 is 1. The van der Waals surface area contributed by atoms with E-state index < -0.39 is 0 Å². The Morgan fingerprint density at radius 3 is 3.00 bits per heavy atom. The molecule has 0 radical (unpaired) electrons. The summed E-state index contributed by atoms with van der Waals surface area (Å²) >= 11 is 0. The molecule has 2 aromatic rings. The molecule has 4 heterocycles. The lowest BCUT2D eigenvalue weighted by Gasteiger charge is -2.25. The first-order chi connectivity index (χ1) is 14.1. The van der Waals surface area contributed by atoms with Crippen molar-refractivity contribution in [3.05, 3.63) is 36.8 Å². The van der Waals surface area contributed by atoms with Crippen LogP contribution in [0.15, 0.2) is 41.8 Å². The quantitative estimate of drug-likeness (QED) is 0.599. The topological polar surface area (TPSA) is 142 Å². The zero-order chi connectivity index (χ0) is 20.4. The van der Waals surface area contributed by atoms with Gasteiger partial charge < -0.3 is 31.2 Å². The van der Waals surface area contributed by atoms with Gasteiger partial charge in [0.2, 0.25) is 0 Å². The van der Waals surface area contributed by atoms with Crippen LogP contribution in [0.2, 0.25) is 0 Å². The monoisotopic (exact) mass is 399 g/mol. The van der Waals surface area contributed by atoms with Gasteiger partial charge in [-0.3, -0.25) is 4.57 Å². The van der Waals surface area contributed by atoms with Gasteiger partial charge in [-0.05, 0) is 12.8 Å². The number of nitrogens with one attached hydrogen (secondary N) is 1. The maximum absolute atomic E-state index is 6.18. The van der Waals surface area contributed by atoms with Crippen LogP contribution in [0.5, 0.6) is 0 Å². The van der Waals surface area contributed by atoms with Crippen molar-refractivity contribution in [2.45, 2.75) is 25.2 Å². The van der Waals surface area contributed by atoms with E-state index in [1.165, 1.54) is 6.33 Å². The maximum Gasteiger partial charge on any atom is 0.167 e. The number of aromatic nitrogens is 4. The molecule has 1 fully saturated rings. The van der Waals surface area contributed by atoms with Crippen molar-refractivity contribution in [1.29, 1.82) is 0 Å². The van der Waals surface area contributed by atoms with Crippen molar-refractivity contribution < 1.29 is 9.47 Å². The maximum atomic E-state index is 6.18. The van der Waals surface area contributed by atoms with Gasteiger partial charge in [0.05, 0.1) is 12.4 Å². The van der Waals surface area contributed by atoms with E-state index in [1.807, 2.05) is 15.7 Å². The van der Waals surface area contributed by atoms with E-state index in [2.05, 4.69) is 31.8 Å². The summed E-state index contributed by atoms with van der Waals surface area (Å²) in [5.74, 6) is 1.39. The van der Waals surface area contributed by atoms with Crippen LogP contribution in [0.1, 0.15) is 19.1 Å². The molecule has 0 saturated carbocycles. The Morgan fingerprint density at radius 2 is 2.17 bits per heavy atom. The molecule has 11 nitrogen and oxygen atoms in total. The molecule has 11 heteroatoms. The van der Waals surface area contributed by atoms with E-state index in [1.54, 1.807) is 13.4 Å². The van der Waals surface area contributed by atoms with Gasteiger partial charge >= 0.3 is 0 Å². The molecule has 0 aromatic carbocycles. The molecule has 0 bridgehead atoms. The predicted molar refractivity (Wildman–Crippen MR) is 108 cm³/mol. The van der Waals surface area contributed by atoms with E-state index in [-0.39, 0.29) is 12.3 Å². The number of hydrogen-bond donors (Lipinski definition) is 3. The molecular formula is C18H25N9O2. The van der Waals surface area contributed by atoms with E-state index in [4.69, 9.17) is 20.9 Å². The Morgan fingerprint density at radius 1 is 1.31 bits per heavy atom. The van der Waals surface area contributed by atoms with Crippen molar-refractivity contribution in [1.82, 2.24) is 29.7 Å². The average molecular weight is 399 g/mol. The molecule has 1 saturated heterocycles. The van der Waals surface area contributed by atoms with Gasteiger partial charge in [0.15, 0.2) is 11.5 Å². The number of hydrogen-bond acceptors (Lipinski definition) is 10. The number of fused-ring (bicyclic) bond motifs is 1. The third-order valence-corrected chi connectivity index (χ3v) is 4.96. The molecule has 0 amide bonds. The van der Waals surface area contributed by atoms with Gasteiger partial charge in [-0.15, -0.1) is 0 Å². The number of aliphatic imine (C=N–C) groups is 1. The molecule has 2 atom stereocenters. The highest BCUT2D eigenvalue weighted by atomic mass is 16.5. The molecule has 2 aliphatic heterocycles. The second-order valence-electron chi connectivity index (χ2n) is 6.96. The summed E-state index contributed by atoms with van der Waals surface area (Å²) in [5.41, 5.74) is 14.1. The second-order valence-corrected chi connectivity index (χ2v) is 6.96. The first-order valence-electron chi connectivity index (χ1n) is 9.35. The first kappa shape index (κ1) is 19.3. The van der Waals surface area contributed by atoms with Crippen molar-refractivity contribution in [3.8, 4) is 0 Å². The number of nitrogens with two attached hydrogens (primary N) is 2. The van der Waals surface area contributed by atoms with Crippen LogP contribution < -0.4 is 16.8 Å². The Labute approximate surface area is 168 Å². The van der Waals surface area contributed by atoms with Crippen LogP contribution in [0.3, 0.4) is 0 Å². The van der Waals surface area contributed by atoms with Gasteiger partial charge in [0, 0.05) is 32.0 Å². The van der Waals surface area contributed by atoms with Gasteiger partial charge in [0.25, 0.3) is 0 Å². The smallest absolute Gasteiger partial charge is 0.167 e. The van der Waals surface area contributed by atoms with Crippen LogP contribution in [0.4, 0.5) is 5.82 Å². The number of amidine groups is 1. The molecule has 0 spiro atoms. The second kappa shape index (κ2) is 8.15. The SMILES string of the molecule is C=C1N=C(N)C(CNC[C@@H]2CC[C@H](n3cnc4c(N)ncnc43)O2)=CN1COC. The van der Waals surface area contributed by atoms with Crippen LogP contribution in [-0.2, 0) is 9.47 Å². The summed E-state index contributed by atoms with van der Waals surface area (Å²) in [6, 6.07) is 0. The minimum absolute atomic E-state index is 0.0732. The molecule has 5 N–H and O–H groups in total. The normalized spacial score (nSPS) is 22.2. The number of imidazole rings is 1. The molecule has 154 valence electrons. The average Bonchev–Trinajstić information content (AvgIpc) is 3.33. The highest BCUT2D eigenvalue weighted by Gasteiger charge is 2.28. The molecule has 2 aliphatic rings. The van der Waals surface area contributed by atoms with Crippen molar-refractivity contribution in [3.63, 3.8) is 0 Å². The fourth-order valence-corrected chi connectivity index (χ4v) is 3.48. The summed E-state index contributed by atoms with van der Waals surface area (Å²) in [5, 5.41) is 3.40. The van der Waals surface area contributed by atoms with Gasteiger partial charge in [0.1, 0.15) is 36.5 Å². The van der Waals surface area contributed by atoms with Gasteiger partial charge in [-0.25, -0.2) is 19.9 Å². The van der Waals surface area contributed by atoms with E-state index >= 15 is 0 Å². The third-order valence-electron chi connectivity index (χ3n) is 4.96. The zero-order valence-corrected chi connectivity index (χ0v) is 16.3. The van der Waals surface area contributed by atoms with Crippen LogP contribution in [-0.4, -0.2) is 63.3 Å². The number of anilines is 1. The molecule has 4 rings (SSSR count). The number of rotatable bonds is 7. The molecular weight excluding hydrogens is 374 g/mol. The Hall–Kier alpha value is -3.02. The lowest BCUT2D eigenvalue weighted by Crippen LogP contribution is -2.35. The number of ether oxygens (including phenoxy) is 2. The lowest BCUT2D eigenvalue weighted by atomic mass is 10.2. The zero-order valence-electron chi connectivity index (χ0n) is 16.3. The van der Waals surface area contributed by atoms with E-state index in [0.29, 0.717) is 48.5 Å². The Balaban J connectivity index is 1.33. The van der Waals surface area contributed by atoms with E-state index in [9.17, 15) is 0 Å². The van der Waals surface area contributed by atoms with Gasteiger partial charge in [-0.2, -0.15) is 0 Å². The standard InChI is InChI=1S/C18H25N9O2/c1-11-25-16(19)12(7-26(11)10-28-2)5-21-6-13-3-4-14(29-13)27-9-24-15-17(20)22-8-23-18(15)27/h7-9,13-14,21H,1,3-6,10H2,2H3,(H2,19,25)(H2,20,22,23)/t13-,14+/m0/s1. The highest BCUT2D eigenvalue weighted by molar-refractivity contribution is 5.98. The fraction of sp³-hybridized carbons (Fsp3) is 0.444. The van der Waals surface area contributed by atoms with Gasteiger partial charge in [-0.1, -0.05) is 6.58 Å². The minimum atomic E-state index is -0.123. The van der Waals surface area contributed by atoms with Crippen LogP contribution >= 0.6 is 0 Å². The molecule has 0 aliphatic carbocycles. The highest BCUT2D eigenvalue weighted by Crippen LogP contribution is 2.30. The number of nitrogen functional groups attached to an aromatic ring is 1. The molecule has 2 aromatic heterocycles. The van der Waals surface area contributed by atoms with E-state index in [0.717, 1.165) is 18.4 Å². The van der Waals surface area contributed by atoms with Crippen molar-refractivity contribution >= 4 is 22.8 Å². The van der Waals surface area contributed by atoms with Crippen LogP contribution in [0, 0.1) is 0 Å². The summed E-state index contributed by atoms with van der Waals surface area (Å²) in [6.07, 6.45) is 6.79. The summed E-state index contributed by atoms with van der Waals surface area (Å²) < 4.78 is 13.2. The molecule has 0 unspecified atom stereocenters.